The SMILES string of the molecule is CCN(CC)CCNC(=O)c1c(C)[nH]c(/C=C(/SCc2ccc(Br)cc2)C(=O)c2ccc(Br)cc2)c1C. The summed E-state index contributed by atoms with van der Waals surface area (Å²) in [6.45, 7) is 11.4. The summed E-state index contributed by atoms with van der Waals surface area (Å²) in [5.74, 6) is 0.506. The predicted octanol–water partition coefficient (Wildman–Crippen LogP) is 7.39. The van der Waals surface area contributed by atoms with Crippen molar-refractivity contribution in [3.05, 3.63) is 96.0 Å². The van der Waals surface area contributed by atoms with E-state index in [2.05, 4.69) is 60.9 Å². The first-order chi connectivity index (χ1) is 17.7. The van der Waals surface area contributed by atoms with Gasteiger partial charge in [0.15, 0.2) is 5.78 Å². The highest BCUT2D eigenvalue weighted by Crippen LogP contribution is 2.30. The highest BCUT2D eigenvalue weighted by atomic mass is 79.9. The van der Waals surface area contributed by atoms with Gasteiger partial charge in [-0.3, -0.25) is 9.59 Å². The summed E-state index contributed by atoms with van der Waals surface area (Å²) in [5, 5.41) is 3.05. The van der Waals surface area contributed by atoms with Crippen LogP contribution in [0, 0.1) is 13.8 Å². The Hall–Kier alpha value is -2.13. The Morgan fingerprint density at radius 1 is 0.973 bits per heavy atom. The molecular formula is C29H33Br2N3O2S. The molecule has 0 spiro atoms. The molecular weight excluding hydrogens is 614 g/mol. The van der Waals surface area contributed by atoms with Crippen molar-refractivity contribution in [2.75, 3.05) is 26.2 Å². The zero-order chi connectivity index (χ0) is 26.9. The van der Waals surface area contributed by atoms with E-state index in [4.69, 9.17) is 0 Å². The number of aryl methyl sites for hydroxylation is 1. The number of allylic oxidation sites excluding steroid dienone is 1. The molecule has 2 N–H and O–H groups in total. The number of carbonyl (C=O) groups excluding carboxylic acids is 2. The van der Waals surface area contributed by atoms with Gasteiger partial charge in [0.05, 0.1) is 10.5 Å². The van der Waals surface area contributed by atoms with E-state index in [-0.39, 0.29) is 11.7 Å². The highest BCUT2D eigenvalue weighted by molar-refractivity contribution is 9.10. The summed E-state index contributed by atoms with van der Waals surface area (Å²) in [5.41, 5.74) is 4.78. The summed E-state index contributed by atoms with van der Waals surface area (Å²) in [4.78, 5) is 32.8. The van der Waals surface area contributed by atoms with Crippen molar-refractivity contribution in [1.29, 1.82) is 0 Å². The molecule has 5 nitrogen and oxygen atoms in total. The van der Waals surface area contributed by atoms with Crippen LogP contribution in [0.5, 0.6) is 0 Å². The number of hydrogen-bond donors (Lipinski definition) is 2. The molecule has 0 saturated heterocycles. The number of aromatic amines is 1. The van der Waals surface area contributed by atoms with E-state index in [9.17, 15) is 9.59 Å². The molecule has 0 unspecified atom stereocenters. The van der Waals surface area contributed by atoms with Crippen LogP contribution < -0.4 is 5.32 Å². The second-order valence-electron chi connectivity index (χ2n) is 8.71. The normalized spacial score (nSPS) is 11.7. The fourth-order valence-corrected chi connectivity index (χ4v) is 5.50. The van der Waals surface area contributed by atoms with Crippen LogP contribution in [-0.2, 0) is 5.75 Å². The van der Waals surface area contributed by atoms with Crippen LogP contribution in [0.15, 0.2) is 62.4 Å². The molecule has 0 aliphatic heterocycles. The van der Waals surface area contributed by atoms with Gasteiger partial charge >= 0.3 is 0 Å². The van der Waals surface area contributed by atoms with Crippen LogP contribution in [0.3, 0.4) is 0 Å². The van der Waals surface area contributed by atoms with E-state index in [0.29, 0.717) is 28.3 Å². The first-order valence-electron chi connectivity index (χ1n) is 12.3. The lowest BCUT2D eigenvalue weighted by molar-refractivity contribution is 0.0947. The Morgan fingerprint density at radius 2 is 1.57 bits per heavy atom. The Balaban J connectivity index is 1.87. The molecule has 3 rings (SSSR count). The number of carbonyl (C=O) groups is 2. The van der Waals surface area contributed by atoms with Crippen molar-refractivity contribution in [2.45, 2.75) is 33.4 Å². The number of aromatic nitrogens is 1. The van der Waals surface area contributed by atoms with E-state index in [1.165, 1.54) is 11.8 Å². The molecule has 0 bridgehead atoms. The molecule has 0 saturated carbocycles. The number of amides is 1. The summed E-state index contributed by atoms with van der Waals surface area (Å²) in [7, 11) is 0. The molecule has 0 atom stereocenters. The number of thioether (sulfide) groups is 1. The van der Waals surface area contributed by atoms with Gasteiger partial charge in [0.1, 0.15) is 0 Å². The molecule has 196 valence electrons. The molecule has 3 aromatic rings. The fraction of sp³-hybridized carbons (Fsp3) is 0.310. The van der Waals surface area contributed by atoms with Crippen LogP contribution in [0.25, 0.3) is 6.08 Å². The third-order valence-electron chi connectivity index (χ3n) is 6.22. The Morgan fingerprint density at radius 3 is 2.16 bits per heavy atom. The summed E-state index contributed by atoms with van der Waals surface area (Å²) < 4.78 is 1.94. The number of benzene rings is 2. The van der Waals surface area contributed by atoms with Crippen LogP contribution in [0.2, 0.25) is 0 Å². The van der Waals surface area contributed by atoms with Crippen molar-refractivity contribution < 1.29 is 9.59 Å². The third-order valence-corrected chi connectivity index (χ3v) is 8.37. The van der Waals surface area contributed by atoms with Gasteiger partial charge in [0, 0.05) is 44.7 Å². The second kappa shape index (κ2) is 14.1. The number of hydrogen-bond acceptors (Lipinski definition) is 4. The Bertz CT molecular complexity index is 1250. The van der Waals surface area contributed by atoms with Gasteiger partial charge in [-0.05, 0) is 80.5 Å². The van der Waals surface area contributed by atoms with Crippen molar-refractivity contribution in [3.8, 4) is 0 Å². The van der Waals surface area contributed by atoms with E-state index in [1.807, 2.05) is 68.5 Å². The number of likely N-dealkylation sites (N-methyl/N-ethyl adjacent to an activating group) is 1. The van der Waals surface area contributed by atoms with Gasteiger partial charge in [-0.1, -0.05) is 57.8 Å². The van der Waals surface area contributed by atoms with Crippen LogP contribution in [0.1, 0.15) is 57.1 Å². The molecule has 1 aromatic heterocycles. The predicted molar refractivity (Wildman–Crippen MR) is 162 cm³/mol. The van der Waals surface area contributed by atoms with Crippen LogP contribution in [-0.4, -0.2) is 47.8 Å². The molecule has 0 radical (unpaired) electrons. The maximum absolute atomic E-state index is 13.5. The first-order valence-corrected chi connectivity index (χ1v) is 14.9. The maximum Gasteiger partial charge on any atom is 0.253 e. The second-order valence-corrected chi connectivity index (χ2v) is 11.6. The summed E-state index contributed by atoms with van der Waals surface area (Å²) in [6.07, 6.45) is 1.88. The number of nitrogens with one attached hydrogen (secondary N) is 2. The van der Waals surface area contributed by atoms with Gasteiger partial charge in [-0.2, -0.15) is 0 Å². The average Bonchev–Trinajstić information content (AvgIpc) is 3.17. The third kappa shape index (κ3) is 8.18. The Labute approximate surface area is 240 Å². The fourth-order valence-electron chi connectivity index (χ4n) is 4.00. The molecule has 0 fully saturated rings. The zero-order valence-corrected chi connectivity index (χ0v) is 25.6. The lowest BCUT2D eigenvalue weighted by Gasteiger charge is -2.18. The van der Waals surface area contributed by atoms with Crippen LogP contribution in [0.4, 0.5) is 0 Å². The summed E-state index contributed by atoms with van der Waals surface area (Å²) >= 11 is 8.41. The van der Waals surface area contributed by atoms with E-state index >= 15 is 0 Å². The molecule has 37 heavy (non-hydrogen) atoms. The standard InChI is InChI=1S/C29H33Br2N3O2S/c1-5-34(6-2)16-15-32-29(36)27-19(3)25(33-20(27)4)17-26(28(35)22-9-13-24(31)14-10-22)37-18-21-7-11-23(30)12-8-21/h7-14,17,33H,5-6,15-16,18H2,1-4H3,(H,32,36)/b26-17+. The molecule has 0 aliphatic carbocycles. The van der Waals surface area contributed by atoms with E-state index < -0.39 is 0 Å². The topological polar surface area (TPSA) is 65.2 Å². The van der Waals surface area contributed by atoms with Gasteiger partial charge in [0.25, 0.3) is 5.91 Å². The number of H-pyrrole nitrogens is 1. The average molecular weight is 647 g/mol. The first kappa shape index (κ1) is 29.4. The van der Waals surface area contributed by atoms with Gasteiger partial charge in [0.2, 0.25) is 0 Å². The van der Waals surface area contributed by atoms with Gasteiger partial charge < -0.3 is 15.2 Å². The van der Waals surface area contributed by atoms with Crippen molar-refractivity contribution in [2.24, 2.45) is 0 Å². The minimum atomic E-state index is -0.0960. The lowest BCUT2D eigenvalue weighted by atomic mass is 10.1. The zero-order valence-electron chi connectivity index (χ0n) is 21.7. The summed E-state index contributed by atoms with van der Waals surface area (Å²) in [6, 6.07) is 15.5. The van der Waals surface area contributed by atoms with Gasteiger partial charge in [-0.15, -0.1) is 11.8 Å². The number of Topliss-reactive ketones (excluding diaryl/α,β-unsaturated/α-hetero) is 1. The molecule has 0 aliphatic rings. The smallest absolute Gasteiger partial charge is 0.253 e. The number of rotatable bonds is 12. The van der Waals surface area contributed by atoms with Crippen molar-refractivity contribution in [3.63, 3.8) is 0 Å². The minimum Gasteiger partial charge on any atom is -0.358 e. The van der Waals surface area contributed by atoms with E-state index in [0.717, 1.165) is 51.1 Å². The molecule has 2 aromatic carbocycles. The van der Waals surface area contributed by atoms with Crippen molar-refractivity contribution in [1.82, 2.24) is 15.2 Å². The van der Waals surface area contributed by atoms with E-state index in [1.54, 1.807) is 0 Å². The van der Waals surface area contributed by atoms with Gasteiger partial charge in [-0.25, -0.2) is 0 Å². The largest absolute Gasteiger partial charge is 0.358 e. The molecule has 1 heterocycles. The van der Waals surface area contributed by atoms with Crippen molar-refractivity contribution >= 4 is 61.4 Å². The number of halogens is 2. The highest BCUT2D eigenvalue weighted by Gasteiger charge is 2.20. The number of nitrogens with zero attached hydrogens (tertiary/aromatic N) is 1. The minimum absolute atomic E-state index is 0.0495. The van der Waals surface area contributed by atoms with Crippen LogP contribution >= 0.6 is 43.6 Å². The Kier molecular flexibility index (Phi) is 11.2. The molecule has 8 heteroatoms. The molecule has 1 amide bonds. The number of ketones is 1. The lowest BCUT2D eigenvalue weighted by Crippen LogP contribution is -2.35. The monoisotopic (exact) mass is 645 g/mol. The maximum atomic E-state index is 13.5. The quantitative estimate of drug-likeness (QED) is 0.159.